The Labute approximate surface area is 121 Å². The lowest BCUT2D eigenvalue weighted by atomic mass is 9.94. The molecule has 0 saturated carbocycles. The maximum absolute atomic E-state index is 12.7. The summed E-state index contributed by atoms with van der Waals surface area (Å²) in [5.41, 5.74) is 0. The van der Waals surface area contributed by atoms with Gasteiger partial charge in [-0.15, -0.1) is 0 Å². The molecule has 0 aromatic carbocycles. The Bertz CT molecular complexity index is 383. The first-order valence-corrected chi connectivity index (χ1v) is 7.69. The van der Waals surface area contributed by atoms with E-state index in [0.717, 1.165) is 19.4 Å². The third kappa shape index (κ3) is 2.55. The number of carbonyl (C=O) groups excluding carboxylic acids is 2. The van der Waals surface area contributed by atoms with Gasteiger partial charge < -0.3 is 14.5 Å². The molecule has 3 atom stereocenters. The Morgan fingerprint density at radius 1 is 1.25 bits per heavy atom. The van der Waals surface area contributed by atoms with Gasteiger partial charge in [0.25, 0.3) is 0 Å². The van der Waals surface area contributed by atoms with Gasteiger partial charge in [-0.2, -0.15) is 0 Å². The largest absolute Gasteiger partial charge is 0.380 e. The van der Waals surface area contributed by atoms with E-state index < -0.39 is 0 Å². The van der Waals surface area contributed by atoms with Gasteiger partial charge in [-0.25, -0.2) is 0 Å². The first-order valence-electron chi connectivity index (χ1n) is 7.69. The average Bonchev–Trinajstić information content (AvgIpc) is 2.89. The Balaban J connectivity index is 2.25. The van der Waals surface area contributed by atoms with Crippen LogP contribution in [0, 0.1) is 5.92 Å². The first kappa shape index (κ1) is 15.3. The molecule has 5 nitrogen and oxygen atoms in total. The van der Waals surface area contributed by atoms with Crippen molar-refractivity contribution >= 4 is 11.8 Å². The zero-order valence-electron chi connectivity index (χ0n) is 13.0. The summed E-state index contributed by atoms with van der Waals surface area (Å²) in [7, 11) is 0. The lowest BCUT2D eigenvalue weighted by molar-refractivity contribution is -0.165. The van der Waals surface area contributed by atoms with Crippen molar-refractivity contribution in [3.8, 4) is 0 Å². The van der Waals surface area contributed by atoms with Crippen molar-refractivity contribution in [2.75, 3.05) is 19.8 Å². The molecule has 2 amide bonds. The normalized spacial score (nSPS) is 28.2. The minimum Gasteiger partial charge on any atom is -0.380 e. The van der Waals surface area contributed by atoms with Crippen LogP contribution in [0.5, 0.6) is 0 Å². The van der Waals surface area contributed by atoms with Crippen LogP contribution < -0.4 is 0 Å². The third-order valence-corrected chi connectivity index (χ3v) is 4.30. The number of ether oxygens (including phenoxy) is 1. The maximum Gasteiger partial charge on any atom is 0.246 e. The zero-order valence-corrected chi connectivity index (χ0v) is 13.0. The fourth-order valence-electron chi connectivity index (χ4n) is 3.35. The summed E-state index contributed by atoms with van der Waals surface area (Å²) >= 11 is 0. The molecule has 3 unspecified atom stereocenters. The molecule has 2 aliphatic rings. The highest BCUT2D eigenvalue weighted by Gasteiger charge is 2.49. The summed E-state index contributed by atoms with van der Waals surface area (Å²) in [4.78, 5) is 29.0. The highest BCUT2D eigenvalue weighted by Crippen LogP contribution is 2.31. The van der Waals surface area contributed by atoms with E-state index in [-0.39, 0.29) is 35.9 Å². The van der Waals surface area contributed by atoms with Crippen molar-refractivity contribution in [1.29, 1.82) is 0 Å². The van der Waals surface area contributed by atoms with Crippen molar-refractivity contribution in [1.82, 2.24) is 9.80 Å². The van der Waals surface area contributed by atoms with E-state index in [4.69, 9.17) is 4.74 Å². The Morgan fingerprint density at radius 3 is 2.55 bits per heavy atom. The summed E-state index contributed by atoms with van der Waals surface area (Å²) in [6.07, 6.45) is 1.73. The highest BCUT2D eigenvalue weighted by molar-refractivity contribution is 5.97. The van der Waals surface area contributed by atoms with Gasteiger partial charge in [-0.3, -0.25) is 9.59 Å². The van der Waals surface area contributed by atoms with Gasteiger partial charge in [0.15, 0.2) is 0 Å². The standard InChI is InChI=1S/C15H26N2O3/c1-5-20-9-11(4)17-13(10(2)3)15(19)16-8-6-7-12(16)14(17)18/h10-13H,5-9H2,1-4H3. The van der Waals surface area contributed by atoms with Gasteiger partial charge in [0, 0.05) is 13.2 Å². The lowest BCUT2D eigenvalue weighted by Crippen LogP contribution is -2.66. The number of amides is 2. The van der Waals surface area contributed by atoms with E-state index in [1.54, 1.807) is 9.80 Å². The molecule has 0 aromatic heterocycles. The molecule has 0 bridgehead atoms. The molecular weight excluding hydrogens is 256 g/mol. The smallest absolute Gasteiger partial charge is 0.246 e. The van der Waals surface area contributed by atoms with E-state index >= 15 is 0 Å². The second-order valence-corrected chi connectivity index (χ2v) is 6.13. The molecule has 2 fully saturated rings. The number of rotatable bonds is 5. The predicted octanol–water partition coefficient (Wildman–Crippen LogP) is 1.27. The maximum atomic E-state index is 12.7. The van der Waals surface area contributed by atoms with Crippen molar-refractivity contribution in [3.05, 3.63) is 0 Å². The van der Waals surface area contributed by atoms with Crippen LogP contribution in [0.1, 0.15) is 40.5 Å². The molecule has 20 heavy (non-hydrogen) atoms. The predicted molar refractivity (Wildman–Crippen MR) is 76.2 cm³/mol. The third-order valence-electron chi connectivity index (χ3n) is 4.30. The van der Waals surface area contributed by atoms with E-state index in [0.29, 0.717) is 13.2 Å². The van der Waals surface area contributed by atoms with Gasteiger partial charge in [0.2, 0.25) is 11.8 Å². The van der Waals surface area contributed by atoms with Gasteiger partial charge in [0.1, 0.15) is 12.1 Å². The molecule has 114 valence electrons. The summed E-state index contributed by atoms with van der Waals surface area (Å²) in [5.74, 6) is 0.343. The summed E-state index contributed by atoms with van der Waals surface area (Å²) < 4.78 is 5.45. The van der Waals surface area contributed by atoms with Crippen LogP contribution >= 0.6 is 0 Å². The minimum absolute atomic E-state index is 0.0541. The second kappa shape index (κ2) is 6.12. The average molecular weight is 282 g/mol. The van der Waals surface area contributed by atoms with Crippen LogP contribution in [0.2, 0.25) is 0 Å². The van der Waals surface area contributed by atoms with Gasteiger partial charge in [0.05, 0.1) is 12.6 Å². The number of hydrogen-bond acceptors (Lipinski definition) is 3. The summed E-state index contributed by atoms with van der Waals surface area (Å²) in [5, 5.41) is 0. The van der Waals surface area contributed by atoms with Crippen LogP contribution in [0.4, 0.5) is 0 Å². The molecule has 0 radical (unpaired) electrons. The van der Waals surface area contributed by atoms with E-state index in [1.807, 2.05) is 27.7 Å². The van der Waals surface area contributed by atoms with Crippen LogP contribution in [0.3, 0.4) is 0 Å². The Morgan fingerprint density at radius 2 is 1.95 bits per heavy atom. The van der Waals surface area contributed by atoms with Crippen LogP contribution in [0.25, 0.3) is 0 Å². The SMILES string of the molecule is CCOCC(C)N1C(=O)C2CCCN2C(=O)C1C(C)C. The minimum atomic E-state index is -0.340. The molecule has 0 spiro atoms. The van der Waals surface area contributed by atoms with Crippen LogP contribution in [0.15, 0.2) is 0 Å². The van der Waals surface area contributed by atoms with Gasteiger partial charge in [-0.1, -0.05) is 13.8 Å². The van der Waals surface area contributed by atoms with Crippen molar-refractivity contribution in [2.24, 2.45) is 5.92 Å². The van der Waals surface area contributed by atoms with E-state index in [1.165, 1.54) is 0 Å². The fourth-order valence-corrected chi connectivity index (χ4v) is 3.35. The quantitative estimate of drug-likeness (QED) is 0.763. The summed E-state index contributed by atoms with van der Waals surface area (Å²) in [6.45, 7) is 9.77. The molecule has 2 heterocycles. The summed E-state index contributed by atoms with van der Waals surface area (Å²) in [6, 6.07) is -0.629. The fraction of sp³-hybridized carbons (Fsp3) is 0.867. The van der Waals surface area contributed by atoms with E-state index in [9.17, 15) is 9.59 Å². The monoisotopic (exact) mass is 282 g/mol. The number of fused-ring (bicyclic) bond motifs is 1. The van der Waals surface area contributed by atoms with Crippen LogP contribution in [-0.4, -0.2) is 59.5 Å². The molecule has 2 rings (SSSR count). The molecule has 5 heteroatoms. The Kier molecular flexibility index (Phi) is 4.68. The van der Waals surface area contributed by atoms with E-state index in [2.05, 4.69) is 0 Å². The lowest BCUT2D eigenvalue weighted by Gasteiger charge is -2.46. The van der Waals surface area contributed by atoms with Crippen molar-refractivity contribution in [2.45, 2.75) is 58.7 Å². The molecule has 0 aliphatic carbocycles. The second-order valence-electron chi connectivity index (χ2n) is 6.13. The van der Waals surface area contributed by atoms with Gasteiger partial charge >= 0.3 is 0 Å². The van der Waals surface area contributed by atoms with Crippen molar-refractivity contribution < 1.29 is 14.3 Å². The van der Waals surface area contributed by atoms with Crippen molar-refractivity contribution in [3.63, 3.8) is 0 Å². The molecule has 0 aromatic rings. The first-order chi connectivity index (χ1) is 9.49. The van der Waals surface area contributed by atoms with Crippen LogP contribution in [-0.2, 0) is 14.3 Å². The molecular formula is C15H26N2O3. The number of nitrogens with zero attached hydrogens (tertiary/aromatic N) is 2. The number of piperazine rings is 1. The highest BCUT2D eigenvalue weighted by atomic mass is 16.5. The number of hydrogen-bond donors (Lipinski definition) is 0. The number of carbonyl (C=O) groups is 2. The molecule has 2 aliphatic heterocycles. The Hall–Kier alpha value is -1.10. The zero-order chi connectivity index (χ0) is 14.9. The van der Waals surface area contributed by atoms with Gasteiger partial charge in [-0.05, 0) is 32.6 Å². The topological polar surface area (TPSA) is 49.9 Å². The molecule has 0 N–H and O–H groups in total. The molecule has 2 saturated heterocycles.